The molecule has 0 saturated carbocycles. The molecule has 0 saturated heterocycles. The second kappa shape index (κ2) is 8.35. The summed E-state index contributed by atoms with van der Waals surface area (Å²) in [4.78, 5) is 23.7. The van der Waals surface area contributed by atoms with Gasteiger partial charge in [-0.3, -0.25) is 4.79 Å². The predicted octanol–water partition coefficient (Wildman–Crippen LogP) is 3.26. The van der Waals surface area contributed by atoms with Crippen molar-refractivity contribution in [2.75, 3.05) is 26.1 Å². The number of rotatable bonds is 6. The first kappa shape index (κ1) is 17.8. The minimum atomic E-state index is -0.555. The largest absolute Gasteiger partial charge is 0.497 e. The molecule has 0 heterocycles. The lowest BCUT2D eigenvalue weighted by Crippen LogP contribution is -2.21. The van der Waals surface area contributed by atoms with Crippen LogP contribution in [0.4, 0.5) is 5.69 Å². The van der Waals surface area contributed by atoms with Gasteiger partial charge in [-0.15, -0.1) is 0 Å². The number of halogens is 1. The molecule has 2 rings (SSSR count). The summed E-state index contributed by atoms with van der Waals surface area (Å²) >= 11 is 3.32. The van der Waals surface area contributed by atoms with E-state index in [1.54, 1.807) is 18.2 Å². The number of benzene rings is 2. The van der Waals surface area contributed by atoms with E-state index in [1.165, 1.54) is 26.4 Å². The Hall–Kier alpha value is -2.54. The van der Waals surface area contributed by atoms with Crippen LogP contribution in [0.5, 0.6) is 11.5 Å². The molecule has 0 radical (unpaired) electrons. The van der Waals surface area contributed by atoms with Crippen LogP contribution in [-0.2, 0) is 9.53 Å². The maximum Gasteiger partial charge on any atom is 0.341 e. The Bertz CT molecular complexity index is 730. The van der Waals surface area contributed by atoms with Gasteiger partial charge in [0.25, 0.3) is 5.91 Å². The minimum Gasteiger partial charge on any atom is -0.497 e. The van der Waals surface area contributed by atoms with Gasteiger partial charge in [0.05, 0.1) is 14.2 Å². The number of esters is 1. The Kier molecular flexibility index (Phi) is 6.20. The van der Waals surface area contributed by atoms with Gasteiger partial charge in [0.1, 0.15) is 17.1 Å². The molecule has 0 aliphatic heterocycles. The lowest BCUT2D eigenvalue weighted by atomic mass is 10.2. The van der Waals surface area contributed by atoms with Crippen molar-refractivity contribution in [1.82, 2.24) is 0 Å². The van der Waals surface area contributed by atoms with Gasteiger partial charge in [0.15, 0.2) is 6.61 Å². The normalized spacial score (nSPS) is 9.96. The lowest BCUT2D eigenvalue weighted by molar-refractivity contribution is -0.118. The fourth-order valence-corrected chi connectivity index (χ4v) is 2.17. The lowest BCUT2D eigenvalue weighted by Gasteiger charge is -2.12. The number of hydrogen-bond acceptors (Lipinski definition) is 5. The summed E-state index contributed by atoms with van der Waals surface area (Å²) in [6, 6.07) is 11.8. The number of carbonyl (C=O) groups is 2. The molecule has 1 amide bonds. The summed E-state index contributed by atoms with van der Waals surface area (Å²) in [5.74, 6) is -0.185. The summed E-state index contributed by atoms with van der Waals surface area (Å²) in [6.45, 7) is -0.257. The molecule has 7 heteroatoms. The Balaban J connectivity index is 2.05. The second-order valence-electron chi connectivity index (χ2n) is 4.70. The van der Waals surface area contributed by atoms with E-state index >= 15 is 0 Å². The van der Waals surface area contributed by atoms with Crippen LogP contribution in [0.25, 0.3) is 0 Å². The average Bonchev–Trinajstić information content (AvgIpc) is 2.61. The fourth-order valence-electron chi connectivity index (χ4n) is 1.90. The third-order valence-corrected chi connectivity index (χ3v) is 3.61. The van der Waals surface area contributed by atoms with Crippen LogP contribution in [0.2, 0.25) is 0 Å². The zero-order chi connectivity index (χ0) is 17.5. The predicted molar refractivity (Wildman–Crippen MR) is 92.6 cm³/mol. The van der Waals surface area contributed by atoms with Crippen LogP contribution in [-0.4, -0.2) is 32.7 Å². The molecule has 0 bridgehead atoms. The van der Waals surface area contributed by atoms with Crippen molar-refractivity contribution in [2.45, 2.75) is 0 Å². The van der Waals surface area contributed by atoms with Crippen LogP contribution in [0.1, 0.15) is 10.4 Å². The van der Waals surface area contributed by atoms with Crippen molar-refractivity contribution in [3.63, 3.8) is 0 Å². The molecule has 0 aliphatic rings. The highest BCUT2D eigenvalue weighted by molar-refractivity contribution is 9.10. The smallest absolute Gasteiger partial charge is 0.341 e. The van der Waals surface area contributed by atoms with Crippen molar-refractivity contribution >= 4 is 33.5 Å². The molecule has 0 spiro atoms. The van der Waals surface area contributed by atoms with Crippen LogP contribution >= 0.6 is 15.9 Å². The molecule has 2 aromatic carbocycles. The van der Waals surface area contributed by atoms with E-state index < -0.39 is 5.97 Å². The first-order chi connectivity index (χ1) is 11.5. The summed E-state index contributed by atoms with van der Waals surface area (Å²) in [6.07, 6.45) is 0. The van der Waals surface area contributed by atoms with E-state index in [-0.39, 0.29) is 23.8 Å². The molecule has 0 aliphatic carbocycles. The zero-order valence-corrected chi connectivity index (χ0v) is 14.8. The third-order valence-electron chi connectivity index (χ3n) is 3.08. The molecule has 126 valence electrons. The Morgan fingerprint density at radius 1 is 1.08 bits per heavy atom. The van der Waals surface area contributed by atoms with Crippen molar-refractivity contribution < 1.29 is 23.8 Å². The van der Waals surface area contributed by atoms with Gasteiger partial charge < -0.3 is 19.5 Å². The number of ether oxygens (including phenoxy) is 3. The quantitative estimate of drug-likeness (QED) is 0.762. The van der Waals surface area contributed by atoms with Crippen LogP contribution < -0.4 is 14.8 Å². The van der Waals surface area contributed by atoms with Gasteiger partial charge in [-0.25, -0.2) is 4.79 Å². The Morgan fingerprint density at radius 2 is 1.79 bits per heavy atom. The summed E-state index contributed by atoms with van der Waals surface area (Å²) in [5, 5.41) is 2.70. The number of amides is 1. The van der Waals surface area contributed by atoms with Gasteiger partial charge in [0, 0.05) is 16.2 Å². The van der Waals surface area contributed by atoms with Crippen molar-refractivity contribution in [1.29, 1.82) is 0 Å². The molecule has 24 heavy (non-hydrogen) atoms. The van der Waals surface area contributed by atoms with Gasteiger partial charge >= 0.3 is 5.97 Å². The molecule has 0 atom stereocenters. The van der Waals surface area contributed by atoms with Crippen LogP contribution in [0, 0.1) is 0 Å². The molecule has 1 N–H and O–H groups in total. The summed E-state index contributed by atoms with van der Waals surface area (Å²) in [7, 11) is 2.77. The number of methoxy groups -OCH3 is 2. The number of carbonyl (C=O) groups excluding carboxylic acids is 2. The fraction of sp³-hybridized carbons (Fsp3) is 0.176. The van der Waals surface area contributed by atoms with Crippen molar-refractivity contribution in [3.8, 4) is 11.5 Å². The molecular weight excluding hydrogens is 378 g/mol. The zero-order valence-electron chi connectivity index (χ0n) is 13.2. The standard InChI is InChI=1S/C17H16BrNO5/c1-22-13-7-8-14(17(21)23-2)15(9-13)24-10-16(20)19-12-5-3-11(18)4-6-12/h3-9H,10H2,1-2H3,(H,19,20). The minimum absolute atomic E-state index is 0.215. The van der Waals surface area contributed by atoms with Crippen LogP contribution in [0.3, 0.4) is 0 Å². The van der Waals surface area contributed by atoms with Gasteiger partial charge in [0.2, 0.25) is 0 Å². The van der Waals surface area contributed by atoms with Crippen LogP contribution in [0.15, 0.2) is 46.9 Å². The molecule has 0 unspecified atom stereocenters. The highest BCUT2D eigenvalue weighted by Crippen LogP contribution is 2.25. The SMILES string of the molecule is COC(=O)c1ccc(OC)cc1OCC(=O)Nc1ccc(Br)cc1. The third kappa shape index (κ3) is 4.73. The average molecular weight is 394 g/mol. The van der Waals surface area contributed by atoms with E-state index in [1.807, 2.05) is 12.1 Å². The van der Waals surface area contributed by atoms with E-state index in [0.717, 1.165) is 4.47 Å². The summed E-state index contributed by atoms with van der Waals surface area (Å²) < 4.78 is 16.2. The second-order valence-corrected chi connectivity index (χ2v) is 5.61. The Labute approximate surface area is 147 Å². The summed E-state index contributed by atoms with van der Waals surface area (Å²) in [5.41, 5.74) is 0.861. The molecular formula is C17H16BrNO5. The molecule has 0 aromatic heterocycles. The maximum absolute atomic E-state index is 12.0. The molecule has 0 fully saturated rings. The van der Waals surface area contributed by atoms with Gasteiger partial charge in [-0.2, -0.15) is 0 Å². The van der Waals surface area contributed by atoms with Crippen molar-refractivity contribution in [2.24, 2.45) is 0 Å². The van der Waals surface area contributed by atoms with Gasteiger partial charge in [-0.05, 0) is 36.4 Å². The Morgan fingerprint density at radius 3 is 2.42 bits per heavy atom. The van der Waals surface area contributed by atoms with E-state index in [9.17, 15) is 9.59 Å². The van der Waals surface area contributed by atoms with Crippen molar-refractivity contribution in [3.05, 3.63) is 52.5 Å². The maximum atomic E-state index is 12.0. The highest BCUT2D eigenvalue weighted by Gasteiger charge is 2.15. The van der Waals surface area contributed by atoms with Gasteiger partial charge in [-0.1, -0.05) is 15.9 Å². The van der Waals surface area contributed by atoms with E-state index in [2.05, 4.69) is 21.2 Å². The molecule has 2 aromatic rings. The monoisotopic (exact) mass is 393 g/mol. The number of hydrogen-bond donors (Lipinski definition) is 1. The van der Waals surface area contributed by atoms with E-state index in [0.29, 0.717) is 11.4 Å². The topological polar surface area (TPSA) is 73.9 Å². The highest BCUT2D eigenvalue weighted by atomic mass is 79.9. The number of nitrogens with one attached hydrogen (secondary N) is 1. The first-order valence-corrected chi connectivity index (χ1v) is 7.77. The molecule has 6 nitrogen and oxygen atoms in total. The van der Waals surface area contributed by atoms with E-state index in [4.69, 9.17) is 14.2 Å². The first-order valence-electron chi connectivity index (χ1n) is 6.98. The number of anilines is 1.